The third-order valence-electron chi connectivity index (χ3n) is 4.32. The lowest BCUT2D eigenvalue weighted by molar-refractivity contribution is -0.292. The van der Waals surface area contributed by atoms with E-state index in [1.807, 2.05) is 0 Å². The van der Waals surface area contributed by atoms with Gasteiger partial charge in [-0.25, -0.2) is 0 Å². The molecule has 0 radical (unpaired) electrons. The number of benzene rings is 1. The van der Waals surface area contributed by atoms with E-state index in [9.17, 15) is 10.2 Å². The van der Waals surface area contributed by atoms with Gasteiger partial charge in [0.25, 0.3) is 0 Å². The molecule has 0 aliphatic carbocycles. The monoisotopic (exact) mass is 323 g/mol. The number of ether oxygens (including phenoxy) is 3. The molecule has 1 aromatic carbocycles. The minimum Gasteiger partial charge on any atom is -0.387 e. The van der Waals surface area contributed by atoms with Gasteiger partial charge in [0.2, 0.25) is 0 Å². The van der Waals surface area contributed by atoms with Crippen LogP contribution < -0.4 is 5.32 Å². The summed E-state index contributed by atoms with van der Waals surface area (Å²) in [4.78, 5) is 0. The first-order valence-electron chi connectivity index (χ1n) is 8.16. The van der Waals surface area contributed by atoms with Crippen LogP contribution in [0.25, 0.3) is 0 Å². The Balaban J connectivity index is 1.58. The van der Waals surface area contributed by atoms with Crippen molar-refractivity contribution in [2.45, 2.75) is 50.6 Å². The molecule has 3 fully saturated rings. The van der Waals surface area contributed by atoms with Crippen molar-refractivity contribution in [3.63, 3.8) is 0 Å². The van der Waals surface area contributed by atoms with Gasteiger partial charge in [0.15, 0.2) is 6.29 Å². The quantitative estimate of drug-likeness (QED) is 0.741. The van der Waals surface area contributed by atoms with Crippen molar-refractivity contribution in [3.8, 4) is 0 Å². The highest BCUT2D eigenvalue weighted by Crippen LogP contribution is 2.26. The van der Waals surface area contributed by atoms with E-state index in [0.29, 0.717) is 26.3 Å². The van der Waals surface area contributed by atoms with Crippen molar-refractivity contribution >= 4 is 0 Å². The van der Waals surface area contributed by atoms with Crippen molar-refractivity contribution < 1.29 is 24.4 Å². The minimum absolute atomic E-state index is 0.359. The van der Waals surface area contributed by atoms with E-state index in [-0.39, 0.29) is 6.10 Å². The SMILES string of the molecule is Cc1ccc(CNCC2OC3OCCCOC2C(O)C3O)cc1. The normalized spacial score (nSPS) is 34.7. The molecule has 23 heavy (non-hydrogen) atoms. The third kappa shape index (κ3) is 4.09. The van der Waals surface area contributed by atoms with Gasteiger partial charge in [-0.15, -0.1) is 0 Å². The second kappa shape index (κ2) is 7.70. The van der Waals surface area contributed by atoms with E-state index in [4.69, 9.17) is 14.2 Å². The molecule has 0 saturated carbocycles. The van der Waals surface area contributed by atoms with Crippen LogP contribution in [0.2, 0.25) is 0 Å². The average molecular weight is 323 g/mol. The molecule has 3 N–H and O–H groups in total. The summed E-state index contributed by atoms with van der Waals surface area (Å²) in [6.45, 7) is 4.21. The highest BCUT2D eigenvalue weighted by atomic mass is 16.7. The van der Waals surface area contributed by atoms with Gasteiger partial charge in [0.05, 0.1) is 6.61 Å². The van der Waals surface area contributed by atoms with Crippen molar-refractivity contribution in [2.75, 3.05) is 19.8 Å². The van der Waals surface area contributed by atoms with Gasteiger partial charge in [0.1, 0.15) is 24.4 Å². The fourth-order valence-electron chi connectivity index (χ4n) is 2.96. The molecule has 6 heteroatoms. The summed E-state index contributed by atoms with van der Waals surface area (Å²) in [5, 5.41) is 23.6. The second-order valence-electron chi connectivity index (χ2n) is 6.20. The van der Waals surface area contributed by atoms with Gasteiger partial charge in [0, 0.05) is 19.7 Å². The molecule has 5 atom stereocenters. The maximum atomic E-state index is 10.3. The van der Waals surface area contributed by atoms with E-state index < -0.39 is 24.6 Å². The maximum Gasteiger partial charge on any atom is 0.186 e. The topological polar surface area (TPSA) is 80.2 Å². The third-order valence-corrected chi connectivity index (χ3v) is 4.32. The molecule has 3 heterocycles. The molecule has 3 aliphatic heterocycles. The summed E-state index contributed by atoms with van der Waals surface area (Å²) in [6.07, 6.45) is -3.06. The molecule has 5 unspecified atom stereocenters. The number of aliphatic hydroxyl groups is 2. The molecule has 2 bridgehead atoms. The van der Waals surface area contributed by atoms with Crippen molar-refractivity contribution in [2.24, 2.45) is 0 Å². The highest BCUT2D eigenvalue weighted by Gasteiger charge is 2.46. The molecule has 0 aromatic heterocycles. The Hall–Kier alpha value is -1.02. The van der Waals surface area contributed by atoms with Gasteiger partial charge < -0.3 is 29.7 Å². The van der Waals surface area contributed by atoms with Crippen LogP contribution in [0.1, 0.15) is 17.5 Å². The predicted octanol–water partition coefficient (Wildman–Crippen LogP) is 0.337. The zero-order chi connectivity index (χ0) is 16.2. The molecule has 3 saturated heterocycles. The van der Waals surface area contributed by atoms with E-state index in [0.717, 1.165) is 6.42 Å². The van der Waals surface area contributed by atoms with Crippen LogP contribution in [0.4, 0.5) is 0 Å². The van der Waals surface area contributed by atoms with E-state index >= 15 is 0 Å². The summed E-state index contributed by atoms with van der Waals surface area (Å²) < 4.78 is 17.0. The number of hydrogen-bond acceptors (Lipinski definition) is 6. The Morgan fingerprint density at radius 3 is 2.61 bits per heavy atom. The first-order chi connectivity index (χ1) is 11.1. The molecule has 1 aromatic rings. The summed E-state index contributed by atoms with van der Waals surface area (Å²) in [5.41, 5.74) is 2.41. The van der Waals surface area contributed by atoms with E-state index in [2.05, 4.69) is 36.5 Å². The molecule has 3 aliphatic rings. The lowest BCUT2D eigenvalue weighted by Crippen LogP contribution is -2.60. The average Bonchev–Trinajstić information content (AvgIpc) is 2.69. The molecule has 6 nitrogen and oxygen atoms in total. The fourth-order valence-corrected chi connectivity index (χ4v) is 2.96. The number of nitrogens with one attached hydrogen (secondary N) is 1. The van der Waals surface area contributed by atoms with Crippen LogP contribution in [0.3, 0.4) is 0 Å². The molecule has 4 rings (SSSR count). The van der Waals surface area contributed by atoms with Gasteiger partial charge >= 0.3 is 0 Å². The van der Waals surface area contributed by atoms with Crippen LogP contribution in [0, 0.1) is 6.92 Å². The molecule has 128 valence electrons. The Bertz CT molecular complexity index is 492. The summed E-state index contributed by atoms with van der Waals surface area (Å²) >= 11 is 0. The van der Waals surface area contributed by atoms with E-state index in [1.54, 1.807) is 0 Å². The van der Waals surface area contributed by atoms with Crippen LogP contribution in [-0.4, -0.2) is 60.7 Å². The Morgan fingerprint density at radius 1 is 1.09 bits per heavy atom. The van der Waals surface area contributed by atoms with Gasteiger partial charge in [-0.05, 0) is 18.9 Å². The zero-order valence-corrected chi connectivity index (χ0v) is 13.4. The van der Waals surface area contributed by atoms with Crippen molar-refractivity contribution in [1.29, 1.82) is 0 Å². The minimum atomic E-state index is -1.08. The lowest BCUT2D eigenvalue weighted by atomic mass is 9.98. The summed E-state index contributed by atoms with van der Waals surface area (Å²) in [6, 6.07) is 8.31. The number of rotatable bonds is 4. The smallest absolute Gasteiger partial charge is 0.186 e. The second-order valence-corrected chi connectivity index (χ2v) is 6.20. The lowest BCUT2D eigenvalue weighted by Gasteiger charge is -2.41. The van der Waals surface area contributed by atoms with Crippen LogP contribution >= 0.6 is 0 Å². The Morgan fingerprint density at radius 2 is 1.83 bits per heavy atom. The highest BCUT2D eigenvalue weighted by molar-refractivity contribution is 5.21. The first kappa shape index (κ1) is 16.8. The van der Waals surface area contributed by atoms with Gasteiger partial charge in [-0.3, -0.25) is 0 Å². The fraction of sp³-hybridized carbons (Fsp3) is 0.647. The number of aliphatic hydroxyl groups excluding tert-OH is 2. The van der Waals surface area contributed by atoms with E-state index in [1.165, 1.54) is 11.1 Å². The largest absolute Gasteiger partial charge is 0.387 e. The maximum absolute atomic E-state index is 10.3. The number of fused-ring (bicyclic) bond motifs is 6. The summed E-state index contributed by atoms with van der Waals surface area (Å²) in [7, 11) is 0. The number of hydrogen-bond donors (Lipinski definition) is 3. The molecular formula is C17H25NO5. The van der Waals surface area contributed by atoms with Gasteiger partial charge in [-0.1, -0.05) is 29.8 Å². The van der Waals surface area contributed by atoms with Gasteiger partial charge in [-0.2, -0.15) is 0 Å². The molecule has 0 amide bonds. The van der Waals surface area contributed by atoms with Crippen LogP contribution in [0.5, 0.6) is 0 Å². The van der Waals surface area contributed by atoms with Crippen LogP contribution in [-0.2, 0) is 20.8 Å². The number of aryl methyl sites for hydroxylation is 1. The molecular weight excluding hydrogens is 298 g/mol. The predicted molar refractivity (Wildman–Crippen MR) is 83.9 cm³/mol. The standard InChI is InChI=1S/C17H25NO5/c1-11-3-5-12(6-4-11)9-18-10-13-16-14(19)15(20)17(23-13)22-8-2-7-21-16/h3-6,13-20H,2,7-10H2,1H3. The zero-order valence-electron chi connectivity index (χ0n) is 13.4. The molecule has 0 spiro atoms. The first-order valence-corrected chi connectivity index (χ1v) is 8.16. The summed E-state index contributed by atoms with van der Waals surface area (Å²) in [5.74, 6) is 0. The van der Waals surface area contributed by atoms with Crippen molar-refractivity contribution in [3.05, 3.63) is 35.4 Å². The van der Waals surface area contributed by atoms with Crippen molar-refractivity contribution in [1.82, 2.24) is 5.32 Å². The van der Waals surface area contributed by atoms with Crippen LogP contribution in [0.15, 0.2) is 24.3 Å². The Kier molecular flexibility index (Phi) is 5.63. The Labute approximate surface area is 136 Å².